The Kier molecular flexibility index (Phi) is 3.03. The van der Waals surface area contributed by atoms with Crippen LogP contribution in [-0.4, -0.2) is 48.9 Å². The van der Waals surface area contributed by atoms with Gasteiger partial charge in [0.2, 0.25) is 10.0 Å². The number of nitrogens with two attached hydrogens (primary N) is 1. The molecule has 0 aromatic rings. The minimum Gasteiger partial charge on any atom is -0.393 e. The minimum atomic E-state index is -3.35. The van der Waals surface area contributed by atoms with Crippen molar-refractivity contribution in [3.63, 3.8) is 0 Å². The van der Waals surface area contributed by atoms with Gasteiger partial charge in [-0.05, 0) is 38.8 Å². The van der Waals surface area contributed by atoms with Crippen LogP contribution in [0.4, 0.5) is 0 Å². The lowest BCUT2D eigenvalue weighted by Gasteiger charge is -2.43. The van der Waals surface area contributed by atoms with Crippen molar-refractivity contribution in [2.75, 3.05) is 13.1 Å². The number of aliphatic hydroxyl groups is 1. The summed E-state index contributed by atoms with van der Waals surface area (Å²) in [6.45, 7) is 1.58. The first-order chi connectivity index (χ1) is 6.97. The van der Waals surface area contributed by atoms with Gasteiger partial charge in [0.1, 0.15) is 0 Å². The number of aliphatic hydroxyl groups excluding tert-OH is 1. The fourth-order valence-electron chi connectivity index (χ4n) is 2.43. The highest BCUT2D eigenvalue weighted by Crippen LogP contribution is 2.28. The first kappa shape index (κ1) is 11.3. The molecule has 1 aliphatic carbocycles. The summed E-state index contributed by atoms with van der Waals surface area (Å²) in [4.78, 5) is 2.27. The summed E-state index contributed by atoms with van der Waals surface area (Å²) in [5.41, 5.74) is 0. The van der Waals surface area contributed by atoms with Crippen LogP contribution in [0.5, 0.6) is 0 Å². The van der Waals surface area contributed by atoms with Gasteiger partial charge in [-0.25, -0.2) is 13.6 Å². The van der Waals surface area contributed by atoms with Crippen LogP contribution in [0.1, 0.15) is 25.7 Å². The smallest absolute Gasteiger partial charge is 0.212 e. The van der Waals surface area contributed by atoms with Crippen LogP contribution in [0.25, 0.3) is 0 Å². The van der Waals surface area contributed by atoms with Gasteiger partial charge >= 0.3 is 0 Å². The summed E-state index contributed by atoms with van der Waals surface area (Å²) in [6, 6.07) is 0.460. The molecule has 3 N–H and O–H groups in total. The normalized spacial score (nSPS) is 35.1. The van der Waals surface area contributed by atoms with Crippen LogP contribution in [-0.2, 0) is 10.0 Å². The van der Waals surface area contributed by atoms with Crippen LogP contribution < -0.4 is 5.14 Å². The maximum absolute atomic E-state index is 11.1. The van der Waals surface area contributed by atoms with Crippen molar-refractivity contribution in [1.82, 2.24) is 4.90 Å². The molecule has 2 fully saturated rings. The maximum Gasteiger partial charge on any atom is 0.212 e. The van der Waals surface area contributed by atoms with Gasteiger partial charge < -0.3 is 10.0 Å². The van der Waals surface area contributed by atoms with Crippen LogP contribution in [0, 0.1) is 0 Å². The van der Waals surface area contributed by atoms with E-state index in [0.29, 0.717) is 18.9 Å². The third-order valence-corrected chi connectivity index (χ3v) is 4.95. The molecule has 0 radical (unpaired) electrons. The molecule has 0 aromatic heterocycles. The number of rotatable bonds is 2. The molecule has 1 saturated heterocycles. The van der Waals surface area contributed by atoms with Crippen molar-refractivity contribution in [2.24, 2.45) is 5.14 Å². The van der Waals surface area contributed by atoms with Crippen LogP contribution >= 0.6 is 0 Å². The molecule has 0 spiro atoms. The second kappa shape index (κ2) is 4.01. The molecule has 0 unspecified atom stereocenters. The van der Waals surface area contributed by atoms with Crippen molar-refractivity contribution >= 4 is 10.0 Å². The largest absolute Gasteiger partial charge is 0.393 e. The van der Waals surface area contributed by atoms with Gasteiger partial charge in [-0.1, -0.05) is 0 Å². The maximum atomic E-state index is 11.1. The first-order valence-corrected chi connectivity index (χ1v) is 7.01. The molecule has 1 saturated carbocycles. The lowest BCUT2D eigenvalue weighted by molar-refractivity contribution is -0.00509. The Morgan fingerprint density at radius 2 is 1.73 bits per heavy atom. The highest BCUT2D eigenvalue weighted by atomic mass is 32.2. The zero-order valence-electron chi connectivity index (χ0n) is 8.67. The van der Waals surface area contributed by atoms with E-state index in [2.05, 4.69) is 4.90 Å². The Hall–Kier alpha value is -0.170. The molecule has 1 aliphatic heterocycles. The van der Waals surface area contributed by atoms with E-state index in [1.807, 2.05) is 0 Å². The zero-order chi connectivity index (χ0) is 11.1. The Morgan fingerprint density at radius 3 is 2.13 bits per heavy atom. The molecule has 2 aliphatic rings. The van der Waals surface area contributed by atoms with Crippen molar-refractivity contribution in [3.8, 4) is 0 Å². The Labute approximate surface area is 90.3 Å². The lowest BCUT2D eigenvalue weighted by atomic mass is 9.87. The molecule has 0 amide bonds. The van der Waals surface area contributed by atoms with E-state index in [4.69, 9.17) is 5.14 Å². The molecule has 6 heteroatoms. The average Bonchev–Trinajstić information content (AvgIpc) is 2.12. The number of sulfonamides is 1. The first-order valence-electron chi connectivity index (χ1n) is 5.40. The molecule has 0 atom stereocenters. The number of nitrogens with zero attached hydrogens (tertiary/aromatic N) is 1. The Balaban J connectivity index is 1.82. The second-order valence-corrected chi connectivity index (χ2v) is 6.45. The third kappa shape index (κ3) is 2.50. The van der Waals surface area contributed by atoms with Crippen LogP contribution in [0.2, 0.25) is 0 Å². The summed E-state index contributed by atoms with van der Waals surface area (Å²) < 4.78 is 22.2. The van der Waals surface area contributed by atoms with Gasteiger partial charge in [0.05, 0.1) is 11.4 Å². The predicted molar refractivity (Wildman–Crippen MR) is 56.7 cm³/mol. The topological polar surface area (TPSA) is 83.6 Å². The SMILES string of the molecule is NS(=O)(=O)C1CCN(C2CC(O)C2)CC1. The molecule has 5 nitrogen and oxygen atoms in total. The van der Waals surface area contributed by atoms with Crippen molar-refractivity contribution in [3.05, 3.63) is 0 Å². The molecular weight excluding hydrogens is 216 g/mol. The average molecular weight is 234 g/mol. The number of likely N-dealkylation sites (tertiary alicyclic amines) is 1. The van der Waals surface area contributed by atoms with E-state index in [9.17, 15) is 13.5 Å². The van der Waals surface area contributed by atoms with Gasteiger partial charge in [-0.3, -0.25) is 0 Å². The molecular formula is C9H18N2O3S. The monoisotopic (exact) mass is 234 g/mol. The number of hydrogen-bond acceptors (Lipinski definition) is 4. The van der Waals surface area contributed by atoms with Gasteiger partial charge in [-0.15, -0.1) is 0 Å². The second-order valence-electron chi connectivity index (χ2n) is 4.60. The van der Waals surface area contributed by atoms with E-state index < -0.39 is 10.0 Å². The van der Waals surface area contributed by atoms with Crippen LogP contribution in [0.15, 0.2) is 0 Å². The summed E-state index contributed by atoms with van der Waals surface area (Å²) >= 11 is 0. The Morgan fingerprint density at radius 1 is 1.20 bits per heavy atom. The van der Waals surface area contributed by atoms with Gasteiger partial charge in [0.25, 0.3) is 0 Å². The number of piperidine rings is 1. The number of primary sulfonamides is 1. The third-order valence-electron chi connectivity index (χ3n) is 3.55. The number of hydrogen-bond donors (Lipinski definition) is 2. The molecule has 88 valence electrons. The predicted octanol–water partition coefficient (Wildman–Crippen LogP) is -0.737. The molecule has 0 bridgehead atoms. The molecule has 15 heavy (non-hydrogen) atoms. The molecule has 0 aromatic carbocycles. The Bertz CT molecular complexity index is 316. The fraction of sp³-hybridized carbons (Fsp3) is 1.00. The molecule has 2 rings (SSSR count). The zero-order valence-corrected chi connectivity index (χ0v) is 9.49. The standard InChI is InChI=1S/C9H18N2O3S/c10-15(13,14)9-1-3-11(4-2-9)7-5-8(12)6-7/h7-9,12H,1-6H2,(H2,10,13,14). The summed E-state index contributed by atoms with van der Waals surface area (Å²) in [6.07, 6.45) is 2.78. The highest BCUT2D eigenvalue weighted by molar-refractivity contribution is 7.89. The lowest BCUT2D eigenvalue weighted by Crippen LogP contribution is -2.52. The highest BCUT2D eigenvalue weighted by Gasteiger charge is 2.36. The summed E-state index contributed by atoms with van der Waals surface area (Å²) in [5.74, 6) is 0. The minimum absolute atomic E-state index is 0.147. The van der Waals surface area contributed by atoms with Gasteiger partial charge in [0, 0.05) is 6.04 Å². The van der Waals surface area contributed by atoms with E-state index >= 15 is 0 Å². The van der Waals surface area contributed by atoms with Crippen molar-refractivity contribution in [1.29, 1.82) is 0 Å². The van der Waals surface area contributed by atoms with Gasteiger partial charge in [-0.2, -0.15) is 0 Å². The van der Waals surface area contributed by atoms with E-state index in [1.54, 1.807) is 0 Å². The van der Waals surface area contributed by atoms with E-state index in [1.165, 1.54) is 0 Å². The van der Waals surface area contributed by atoms with E-state index in [0.717, 1.165) is 25.9 Å². The molecule has 1 heterocycles. The van der Waals surface area contributed by atoms with Crippen molar-refractivity contribution < 1.29 is 13.5 Å². The summed E-state index contributed by atoms with van der Waals surface area (Å²) in [7, 11) is -3.35. The van der Waals surface area contributed by atoms with Gasteiger partial charge in [0.15, 0.2) is 0 Å². The van der Waals surface area contributed by atoms with E-state index in [-0.39, 0.29) is 11.4 Å². The summed E-state index contributed by atoms with van der Waals surface area (Å²) in [5, 5.41) is 13.9. The fourth-order valence-corrected chi connectivity index (χ4v) is 3.29. The van der Waals surface area contributed by atoms with Crippen molar-refractivity contribution in [2.45, 2.75) is 43.1 Å². The van der Waals surface area contributed by atoms with Crippen LogP contribution in [0.3, 0.4) is 0 Å². The quantitative estimate of drug-likeness (QED) is 0.659.